The molecular formula is C20H22N4O2S. The Bertz CT molecular complexity index is 870. The van der Waals surface area contributed by atoms with E-state index in [9.17, 15) is 14.9 Å². The van der Waals surface area contributed by atoms with Gasteiger partial charge >= 0.3 is 6.03 Å². The molecule has 2 aromatic rings. The molecule has 3 amide bonds. The summed E-state index contributed by atoms with van der Waals surface area (Å²) in [6.45, 7) is 2.42. The number of fused-ring (bicyclic) bond motifs is 1. The largest absolute Gasteiger partial charge is 0.337 e. The number of nitrogens with zero attached hydrogens (tertiary/aromatic N) is 1. The summed E-state index contributed by atoms with van der Waals surface area (Å²) in [7, 11) is 0. The van der Waals surface area contributed by atoms with Gasteiger partial charge in [-0.1, -0.05) is 25.1 Å². The first-order valence-electron chi connectivity index (χ1n) is 9.01. The van der Waals surface area contributed by atoms with E-state index in [1.807, 2.05) is 18.2 Å². The summed E-state index contributed by atoms with van der Waals surface area (Å²) in [5.41, 5.74) is 2.39. The number of nitriles is 1. The zero-order valence-corrected chi connectivity index (χ0v) is 16.0. The summed E-state index contributed by atoms with van der Waals surface area (Å²) in [5.74, 6) is 0.400. The summed E-state index contributed by atoms with van der Waals surface area (Å²) in [4.78, 5) is 25.2. The first kappa shape index (κ1) is 18.9. The standard InChI is InChI=1S/C20H22N4O2S/c1-13-7-8-15-16(12-21)19(27-17(15)11-13)24-18(25)9-10-22-20(26)23-14-5-3-2-4-6-14/h2-6,13H,7-11H2,1H3,(H,24,25)(H2,22,23,26). The van der Waals surface area contributed by atoms with Crippen molar-refractivity contribution in [2.45, 2.75) is 32.6 Å². The van der Waals surface area contributed by atoms with Crippen LogP contribution in [-0.2, 0) is 17.6 Å². The van der Waals surface area contributed by atoms with Crippen LogP contribution in [0.3, 0.4) is 0 Å². The number of carbonyl (C=O) groups is 2. The maximum Gasteiger partial charge on any atom is 0.319 e. The number of urea groups is 1. The third-order valence-corrected chi connectivity index (χ3v) is 5.72. The number of carbonyl (C=O) groups excluding carboxylic acids is 2. The molecule has 3 N–H and O–H groups in total. The Labute approximate surface area is 162 Å². The van der Waals surface area contributed by atoms with Gasteiger partial charge in [-0.2, -0.15) is 5.26 Å². The van der Waals surface area contributed by atoms with Crippen LogP contribution in [0, 0.1) is 17.2 Å². The van der Waals surface area contributed by atoms with Crippen molar-refractivity contribution >= 4 is 34.0 Å². The molecule has 0 fully saturated rings. The zero-order valence-electron chi connectivity index (χ0n) is 15.2. The highest BCUT2D eigenvalue weighted by Crippen LogP contribution is 2.39. The fourth-order valence-corrected chi connectivity index (χ4v) is 4.51. The summed E-state index contributed by atoms with van der Waals surface area (Å²) >= 11 is 1.51. The molecule has 0 saturated carbocycles. The Morgan fingerprint density at radius 1 is 1.26 bits per heavy atom. The molecule has 7 heteroatoms. The summed E-state index contributed by atoms with van der Waals surface area (Å²) < 4.78 is 0. The molecule has 0 aliphatic heterocycles. The van der Waals surface area contributed by atoms with Gasteiger partial charge in [0.25, 0.3) is 0 Å². The van der Waals surface area contributed by atoms with Gasteiger partial charge in [0.1, 0.15) is 11.1 Å². The molecule has 1 aliphatic rings. The first-order valence-corrected chi connectivity index (χ1v) is 9.83. The minimum atomic E-state index is -0.354. The van der Waals surface area contributed by atoms with Crippen LogP contribution in [0.2, 0.25) is 0 Å². The molecule has 1 heterocycles. The van der Waals surface area contributed by atoms with E-state index in [1.54, 1.807) is 12.1 Å². The highest BCUT2D eigenvalue weighted by Gasteiger charge is 2.24. The van der Waals surface area contributed by atoms with E-state index in [1.165, 1.54) is 16.2 Å². The second-order valence-electron chi connectivity index (χ2n) is 6.71. The van der Waals surface area contributed by atoms with Crippen molar-refractivity contribution in [1.29, 1.82) is 5.26 Å². The molecular weight excluding hydrogens is 360 g/mol. The van der Waals surface area contributed by atoms with Gasteiger partial charge in [-0.15, -0.1) is 11.3 Å². The molecule has 6 nitrogen and oxygen atoms in total. The number of hydrogen-bond acceptors (Lipinski definition) is 4. The Balaban J connectivity index is 1.50. The van der Waals surface area contributed by atoms with Gasteiger partial charge in [0.05, 0.1) is 5.56 Å². The minimum Gasteiger partial charge on any atom is -0.337 e. The van der Waals surface area contributed by atoms with Crippen LogP contribution in [0.4, 0.5) is 15.5 Å². The summed E-state index contributed by atoms with van der Waals surface area (Å²) in [6.07, 6.45) is 3.08. The highest BCUT2D eigenvalue weighted by molar-refractivity contribution is 7.16. The van der Waals surface area contributed by atoms with Crippen LogP contribution < -0.4 is 16.0 Å². The lowest BCUT2D eigenvalue weighted by Gasteiger charge is -2.17. The number of thiophene rings is 1. The van der Waals surface area contributed by atoms with E-state index in [2.05, 4.69) is 28.9 Å². The van der Waals surface area contributed by atoms with Gasteiger partial charge in [0.2, 0.25) is 5.91 Å². The molecule has 0 spiro atoms. The molecule has 1 aliphatic carbocycles. The lowest BCUT2D eigenvalue weighted by Crippen LogP contribution is -2.31. The van der Waals surface area contributed by atoms with Gasteiger partial charge in [-0.3, -0.25) is 4.79 Å². The first-order chi connectivity index (χ1) is 13.1. The number of amides is 3. The Morgan fingerprint density at radius 3 is 2.78 bits per heavy atom. The topological polar surface area (TPSA) is 94.0 Å². The van der Waals surface area contributed by atoms with E-state index < -0.39 is 0 Å². The zero-order chi connectivity index (χ0) is 19.2. The Hall–Kier alpha value is -2.85. The number of rotatable bonds is 5. The molecule has 27 heavy (non-hydrogen) atoms. The molecule has 0 saturated heterocycles. The third-order valence-electron chi connectivity index (χ3n) is 4.55. The fraction of sp³-hybridized carbons (Fsp3) is 0.350. The number of hydrogen-bond donors (Lipinski definition) is 3. The van der Waals surface area contributed by atoms with Crippen LogP contribution in [0.25, 0.3) is 0 Å². The highest BCUT2D eigenvalue weighted by atomic mass is 32.1. The SMILES string of the molecule is CC1CCc2c(sc(NC(=O)CCNC(=O)Nc3ccccc3)c2C#N)C1. The van der Waals surface area contributed by atoms with E-state index in [-0.39, 0.29) is 24.9 Å². The Morgan fingerprint density at radius 2 is 2.04 bits per heavy atom. The molecule has 1 aromatic heterocycles. The number of para-hydroxylation sites is 1. The minimum absolute atomic E-state index is 0.145. The van der Waals surface area contributed by atoms with Crippen molar-refractivity contribution in [2.75, 3.05) is 17.2 Å². The van der Waals surface area contributed by atoms with E-state index in [4.69, 9.17) is 0 Å². The van der Waals surface area contributed by atoms with Crippen LogP contribution >= 0.6 is 11.3 Å². The monoisotopic (exact) mass is 382 g/mol. The number of nitrogens with one attached hydrogen (secondary N) is 3. The average Bonchev–Trinajstić information content (AvgIpc) is 2.98. The fourth-order valence-electron chi connectivity index (χ4n) is 3.13. The number of benzene rings is 1. The van der Waals surface area contributed by atoms with Gasteiger partial charge < -0.3 is 16.0 Å². The third kappa shape index (κ3) is 4.86. The average molecular weight is 382 g/mol. The Kier molecular flexibility index (Phi) is 6.09. The van der Waals surface area contributed by atoms with Crippen LogP contribution in [-0.4, -0.2) is 18.5 Å². The van der Waals surface area contributed by atoms with Gasteiger partial charge in [-0.25, -0.2) is 4.79 Å². The van der Waals surface area contributed by atoms with Crippen LogP contribution in [0.1, 0.15) is 35.8 Å². The molecule has 1 atom stereocenters. The van der Waals surface area contributed by atoms with E-state index in [0.29, 0.717) is 22.2 Å². The van der Waals surface area contributed by atoms with E-state index >= 15 is 0 Å². The van der Waals surface area contributed by atoms with Crippen molar-refractivity contribution in [2.24, 2.45) is 5.92 Å². The molecule has 3 rings (SSSR count). The van der Waals surface area contributed by atoms with Crippen molar-refractivity contribution in [3.05, 3.63) is 46.3 Å². The van der Waals surface area contributed by atoms with Crippen molar-refractivity contribution in [3.63, 3.8) is 0 Å². The maximum atomic E-state index is 12.2. The smallest absolute Gasteiger partial charge is 0.319 e. The van der Waals surface area contributed by atoms with Crippen molar-refractivity contribution < 1.29 is 9.59 Å². The second kappa shape index (κ2) is 8.69. The molecule has 0 radical (unpaired) electrons. The van der Waals surface area contributed by atoms with Crippen LogP contribution in [0.5, 0.6) is 0 Å². The van der Waals surface area contributed by atoms with E-state index in [0.717, 1.165) is 24.8 Å². The van der Waals surface area contributed by atoms with Crippen LogP contribution in [0.15, 0.2) is 30.3 Å². The lowest BCUT2D eigenvalue weighted by molar-refractivity contribution is -0.116. The summed E-state index contributed by atoms with van der Waals surface area (Å²) in [6, 6.07) is 11.0. The van der Waals surface area contributed by atoms with Crippen molar-refractivity contribution in [1.82, 2.24) is 5.32 Å². The summed E-state index contributed by atoms with van der Waals surface area (Å²) in [5, 5.41) is 18.3. The number of anilines is 2. The predicted molar refractivity (Wildman–Crippen MR) is 107 cm³/mol. The van der Waals surface area contributed by atoms with Crippen molar-refractivity contribution in [3.8, 4) is 6.07 Å². The normalized spacial score (nSPS) is 15.3. The second-order valence-corrected chi connectivity index (χ2v) is 7.82. The maximum absolute atomic E-state index is 12.2. The lowest BCUT2D eigenvalue weighted by atomic mass is 9.89. The quantitative estimate of drug-likeness (QED) is 0.732. The van der Waals surface area contributed by atoms with Gasteiger partial charge in [0.15, 0.2) is 0 Å². The molecule has 1 aromatic carbocycles. The molecule has 140 valence electrons. The predicted octanol–water partition coefficient (Wildman–Crippen LogP) is 3.89. The van der Waals surface area contributed by atoms with Gasteiger partial charge in [0, 0.05) is 23.5 Å². The van der Waals surface area contributed by atoms with Gasteiger partial charge in [-0.05, 0) is 42.9 Å². The molecule has 1 unspecified atom stereocenters. The molecule has 0 bridgehead atoms.